The van der Waals surface area contributed by atoms with Gasteiger partial charge in [-0.3, -0.25) is 5.32 Å². The Balaban J connectivity index is 2.31. The Labute approximate surface area is 86.4 Å². The lowest BCUT2D eigenvalue weighted by molar-refractivity contribution is 0.103. The van der Waals surface area contributed by atoms with Gasteiger partial charge in [0.05, 0.1) is 12.7 Å². The van der Waals surface area contributed by atoms with E-state index in [0.29, 0.717) is 18.4 Å². The molecule has 0 unspecified atom stereocenters. The summed E-state index contributed by atoms with van der Waals surface area (Å²) in [6.07, 6.45) is 1.98. The third kappa shape index (κ3) is 2.46. The second-order valence-electron chi connectivity index (χ2n) is 4.53. The highest BCUT2D eigenvalue weighted by molar-refractivity contribution is 5.15. The minimum atomic E-state index is -0.256. The van der Waals surface area contributed by atoms with Gasteiger partial charge >= 0.3 is 0 Å². The zero-order valence-corrected chi connectivity index (χ0v) is 9.34. The first kappa shape index (κ1) is 11.5. The van der Waals surface area contributed by atoms with E-state index in [1.54, 1.807) is 7.11 Å². The van der Waals surface area contributed by atoms with Crippen LogP contribution in [0.2, 0.25) is 0 Å². The summed E-state index contributed by atoms with van der Waals surface area (Å²) in [6, 6.07) is 2.39. The highest BCUT2D eigenvalue weighted by Crippen LogP contribution is 2.41. The van der Waals surface area contributed by atoms with Crippen LogP contribution in [0.3, 0.4) is 0 Å². The number of hydrogen-bond acceptors (Lipinski definition) is 3. The number of nitriles is 1. The normalized spacial score (nSPS) is 31.2. The van der Waals surface area contributed by atoms with E-state index in [0.717, 1.165) is 19.4 Å². The second-order valence-corrected chi connectivity index (χ2v) is 4.53. The van der Waals surface area contributed by atoms with E-state index in [9.17, 15) is 0 Å². The first-order valence-electron chi connectivity index (χ1n) is 5.29. The van der Waals surface area contributed by atoms with Crippen molar-refractivity contribution in [1.82, 2.24) is 5.32 Å². The highest BCUT2D eigenvalue weighted by Gasteiger charge is 2.45. The van der Waals surface area contributed by atoms with E-state index >= 15 is 0 Å². The molecule has 0 amide bonds. The van der Waals surface area contributed by atoms with Crippen molar-refractivity contribution in [3.8, 4) is 6.07 Å². The van der Waals surface area contributed by atoms with Crippen LogP contribution in [0.15, 0.2) is 0 Å². The van der Waals surface area contributed by atoms with Gasteiger partial charge in [-0.2, -0.15) is 5.26 Å². The summed E-state index contributed by atoms with van der Waals surface area (Å²) >= 11 is 0. The fourth-order valence-corrected chi connectivity index (χ4v) is 1.97. The lowest BCUT2D eigenvalue weighted by Crippen LogP contribution is -2.56. The summed E-state index contributed by atoms with van der Waals surface area (Å²) in [5.74, 6) is 1.41. The molecule has 0 atom stereocenters. The van der Waals surface area contributed by atoms with Crippen LogP contribution in [0.4, 0.5) is 0 Å². The summed E-state index contributed by atoms with van der Waals surface area (Å²) in [4.78, 5) is 0. The van der Waals surface area contributed by atoms with Gasteiger partial charge in [0, 0.05) is 13.7 Å². The SMILES string of the molecule is COCCNC1(C#N)CC(C(C)C)C1. The van der Waals surface area contributed by atoms with Gasteiger partial charge in [-0.1, -0.05) is 13.8 Å². The van der Waals surface area contributed by atoms with E-state index in [2.05, 4.69) is 25.2 Å². The van der Waals surface area contributed by atoms with Crippen LogP contribution in [0.1, 0.15) is 26.7 Å². The molecule has 0 heterocycles. The molecule has 0 radical (unpaired) electrons. The molecular formula is C11H20N2O. The van der Waals surface area contributed by atoms with Crippen molar-refractivity contribution in [2.24, 2.45) is 11.8 Å². The van der Waals surface area contributed by atoms with Crippen molar-refractivity contribution in [3.63, 3.8) is 0 Å². The van der Waals surface area contributed by atoms with E-state index in [-0.39, 0.29) is 5.54 Å². The van der Waals surface area contributed by atoms with E-state index in [4.69, 9.17) is 10.00 Å². The standard InChI is InChI=1S/C11H20N2O/c1-9(2)10-6-11(7-10,8-12)13-4-5-14-3/h9-10,13H,4-7H2,1-3H3. The van der Waals surface area contributed by atoms with Crippen LogP contribution in [0.5, 0.6) is 0 Å². The van der Waals surface area contributed by atoms with Crippen LogP contribution < -0.4 is 5.32 Å². The van der Waals surface area contributed by atoms with Crippen molar-refractivity contribution in [1.29, 1.82) is 5.26 Å². The van der Waals surface area contributed by atoms with Crippen molar-refractivity contribution < 1.29 is 4.74 Å². The predicted molar refractivity (Wildman–Crippen MR) is 55.8 cm³/mol. The summed E-state index contributed by atoms with van der Waals surface area (Å²) in [7, 11) is 1.68. The zero-order chi connectivity index (χ0) is 10.6. The molecule has 1 rings (SSSR count). The molecule has 0 bridgehead atoms. The van der Waals surface area contributed by atoms with Gasteiger partial charge < -0.3 is 4.74 Å². The summed E-state index contributed by atoms with van der Waals surface area (Å²) < 4.78 is 4.95. The van der Waals surface area contributed by atoms with Crippen molar-refractivity contribution in [2.75, 3.05) is 20.3 Å². The highest BCUT2D eigenvalue weighted by atomic mass is 16.5. The molecule has 14 heavy (non-hydrogen) atoms. The quantitative estimate of drug-likeness (QED) is 0.679. The average Bonchev–Trinajstić information content (AvgIpc) is 2.09. The molecule has 80 valence electrons. The second kappa shape index (κ2) is 4.77. The molecule has 0 spiro atoms. The molecule has 0 aliphatic heterocycles. The smallest absolute Gasteiger partial charge is 0.107 e. The molecule has 1 aliphatic carbocycles. The predicted octanol–water partition coefficient (Wildman–Crippen LogP) is 1.55. The maximum Gasteiger partial charge on any atom is 0.107 e. The van der Waals surface area contributed by atoms with Crippen molar-refractivity contribution in [3.05, 3.63) is 0 Å². The lowest BCUT2D eigenvalue weighted by atomic mass is 9.65. The first-order chi connectivity index (χ1) is 6.63. The topological polar surface area (TPSA) is 45.0 Å². The molecule has 0 aromatic carbocycles. The zero-order valence-electron chi connectivity index (χ0n) is 9.34. The van der Waals surface area contributed by atoms with Gasteiger partial charge in [0.15, 0.2) is 0 Å². The van der Waals surface area contributed by atoms with E-state index < -0.39 is 0 Å². The minimum absolute atomic E-state index is 0.256. The molecule has 3 heteroatoms. The molecule has 1 aliphatic rings. The van der Waals surface area contributed by atoms with Crippen molar-refractivity contribution in [2.45, 2.75) is 32.2 Å². The molecule has 0 aromatic rings. The first-order valence-corrected chi connectivity index (χ1v) is 5.29. The molecular weight excluding hydrogens is 176 g/mol. The number of hydrogen-bond donors (Lipinski definition) is 1. The van der Waals surface area contributed by atoms with E-state index in [1.165, 1.54) is 0 Å². The number of nitrogens with one attached hydrogen (secondary N) is 1. The summed E-state index contributed by atoms with van der Waals surface area (Å²) in [5, 5.41) is 12.4. The summed E-state index contributed by atoms with van der Waals surface area (Å²) in [6.45, 7) is 5.90. The molecule has 3 nitrogen and oxygen atoms in total. The summed E-state index contributed by atoms with van der Waals surface area (Å²) in [5.41, 5.74) is -0.256. The molecule has 1 fully saturated rings. The van der Waals surface area contributed by atoms with E-state index in [1.807, 2.05) is 0 Å². The minimum Gasteiger partial charge on any atom is -0.383 e. The Morgan fingerprint density at radius 2 is 2.21 bits per heavy atom. The molecule has 0 aromatic heterocycles. The van der Waals surface area contributed by atoms with Crippen LogP contribution in [0, 0.1) is 23.2 Å². The Bertz CT molecular complexity index is 214. The van der Waals surface area contributed by atoms with Gasteiger partial charge in [0.2, 0.25) is 0 Å². The maximum atomic E-state index is 9.08. The van der Waals surface area contributed by atoms with Crippen LogP contribution >= 0.6 is 0 Å². The van der Waals surface area contributed by atoms with Crippen molar-refractivity contribution >= 4 is 0 Å². The monoisotopic (exact) mass is 196 g/mol. The Hall–Kier alpha value is -0.590. The van der Waals surface area contributed by atoms with Gasteiger partial charge in [0.25, 0.3) is 0 Å². The number of methoxy groups -OCH3 is 1. The largest absolute Gasteiger partial charge is 0.383 e. The Morgan fingerprint density at radius 3 is 2.64 bits per heavy atom. The molecule has 1 N–H and O–H groups in total. The van der Waals surface area contributed by atoms with Gasteiger partial charge in [-0.05, 0) is 24.7 Å². The Kier molecular flexibility index (Phi) is 3.91. The third-order valence-electron chi connectivity index (χ3n) is 3.15. The molecule has 1 saturated carbocycles. The fourth-order valence-electron chi connectivity index (χ4n) is 1.97. The Morgan fingerprint density at radius 1 is 1.57 bits per heavy atom. The van der Waals surface area contributed by atoms with Gasteiger partial charge in [-0.15, -0.1) is 0 Å². The lowest BCUT2D eigenvalue weighted by Gasteiger charge is -2.45. The maximum absolute atomic E-state index is 9.08. The number of rotatable bonds is 5. The number of ether oxygens (including phenoxy) is 1. The van der Waals surface area contributed by atoms with Crippen LogP contribution in [-0.4, -0.2) is 25.8 Å². The van der Waals surface area contributed by atoms with Crippen LogP contribution in [0.25, 0.3) is 0 Å². The fraction of sp³-hybridized carbons (Fsp3) is 0.909. The average molecular weight is 196 g/mol. The number of nitrogens with zero attached hydrogens (tertiary/aromatic N) is 1. The van der Waals surface area contributed by atoms with Crippen LogP contribution in [-0.2, 0) is 4.74 Å². The van der Waals surface area contributed by atoms with Gasteiger partial charge in [-0.25, -0.2) is 0 Å². The third-order valence-corrected chi connectivity index (χ3v) is 3.15. The van der Waals surface area contributed by atoms with Gasteiger partial charge in [0.1, 0.15) is 5.54 Å². The molecule has 0 saturated heterocycles.